The van der Waals surface area contributed by atoms with E-state index in [1.807, 2.05) is 0 Å². The molecule has 0 bridgehead atoms. The topological polar surface area (TPSA) is 36.3 Å². The van der Waals surface area contributed by atoms with Gasteiger partial charge < -0.3 is 14.0 Å². The second-order valence-corrected chi connectivity index (χ2v) is 14.6. The van der Waals surface area contributed by atoms with Gasteiger partial charge in [0.1, 0.15) is 11.2 Å². The molecule has 2 heterocycles. The number of hydrogen-bond donors (Lipinski definition) is 0. The van der Waals surface area contributed by atoms with Crippen molar-refractivity contribution in [3.8, 4) is 5.88 Å². The van der Waals surface area contributed by atoms with E-state index in [-0.39, 0.29) is 23.9 Å². The first kappa shape index (κ1) is 20.7. The highest BCUT2D eigenvalue weighted by atomic mass is 79.9. The van der Waals surface area contributed by atoms with Gasteiger partial charge in [0.15, 0.2) is 0 Å². The molecule has 2 aromatic heterocycles. The number of rotatable bonds is 7. The van der Waals surface area contributed by atoms with Crippen LogP contribution in [0.4, 0.5) is 13.2 Å². The van der Waals surface area contributed by atoms with Gasteiger partial charge in [0, 0.05) is 32.0 Å². The van der Waals surface area contributed by atoms with Crippen molar-refractivity contribution < 1.29 is 22.6 Å². The Balaban J connectivity index is 2.10. The van der Waals surface area contributed by atoms with E-state index in [1.54, 1.807) is 4.57 Å². The molecular formula is C18H24BrF3N2O2Si. The molecule has 1 aliphatic carbocycles. The maximum Gasteiger partial charge on any atom is 0.418 e. The van der Waals surface area contributed by atoms with Gasteiger partial charge in [-0.1, -0.05) is 19.6 Å². The van der Waals surface area contributed by atoms with Gasteiger partial charge in [-0.3, -0.25) is 0 Å². The number of alkyl halides is 3. The molecule has 27 heavy (non-hydrogen) atoms. The van der Waals surface area contributed by atoms with Crippen LogP contribution in [0.15, 0.2) is 10.7 Å². The summed E-state index contributed by atoms with van der Waals surface area (Å²) in [6.07, 6.45) is -1.67. The van der Waals surface area contributed by atoms with Crippen molar-refractivity contribution >= 4 is 34.9 Å². The maximum atomic E-state index is 13.9. The number of methoxy groups -OCH3 is 1. The van der Waals surface area contributed by atoms with Gasteiger partial charge in [-0.2, -0.15) is 13.2 Å². The molecular weight excluding hydrogens is 441 g/mol. The molecule has 2 aromatic rings. The van der Waals surface area contributed by atoms with Crippen LogP contribution in [-0.4, -0.2) is 31.3 Å². The molecule has 3 rings (SSSR count). The summed E-state index contributed by atoms with van der Waals surface area (Å²) in [5, 5.41) is 0.0888. The van der Waals surface area contributed by atoms with Crippen LogP contribution in [0.3, 0.4) is 0 Å². The Bertz CT molecular complexity index is 842. The second-order valence-electron chi connectivity index (χ2n) is 8.15. The van der Waals surface area contributed by atoms with E-state index >= 15 is 0 Å². The van der Waals surface area contributed by atoms with Gasteiger partial charge in [-0.25, -0.2) is 4.98 Å². The fraction of sp³-hybridized carbons (Fsp3) is 0.611. The van der Waals surface area contributed by atoms with Crippen molar-refractivity contribution in [2.75, 3.05) is 13.7 Å². The summed E-state index contributed by atoms with van der Waals surface area (Å²) in [6.45, 7) is 7.36. The number of fused-ring (bicyclic) bond motifs is 1. The lowest BCUT2D eigenvalue weighted by Crippen LogP contribution is -2.22. The maximum absolute atomic E-state index is 13.9. The van der Waals surface area contributed by atoms with Crippen LogP contribution in [0.2, 0.25) is 25.7 Å². The van der Waals surface area contributed by atoms with Gasteiger partial charge in [-0.15, -0.1) is 0 Å². The van der Waals surface area contributed by atoms with E-state index in [0.29, 0.717) is 22.3 Å². The van der Waals surface area contributed by atoms with Gasteiger partial charge >= 0.3 is 6.18 Å². The Labute approximate surface area is 166 Å². The van der Waals surface area contributed by atoms with Crippen LogP contribution < -0.4 is 4.74 Å². The molecule has 0 spiro atoms. The first-order chi connectivity index (χ1) is 12.5. The third kappa shape index (κ3) is 4.35. The highest BCUT2D eigenvalue weighted by Gasteiger charge is 2.44. The molecule has 9 heteroatoms. The van der Waals surface area contributed by atoms with Crippen molar-refractivity contribution in [3.05, 3.63) is 21.9 Å². The van der Waals surface area contributed by atoms with E-state index in [1.165, 1.54) is 13.3 Å². The zero-order valence-corrected chi connectivity index (χ0v) is 18.5. The summed E-state index contributed by atoms with van der Waals surface area (Å²) in [6, 6.07) is 0.961. The normalized spacial score (nSPS) is 15.6. The average molecular weight is 465 g/mol. The summed E-state index contributed by atoms with van der Waals surface area (Å²) in [5.41, 5.74) is 0.148. The highest BCUT2D eigenvalue weighted by molar-refractivity contribution is 9.10. The van der Waals surface area contributed by atoms with Crippen LogP contribution in [0.5, 0.6) is 5.88 Å². The van der Waals surface area contributed by atoms with Crippen LogP contribution in [0.1, 0.15) is 30.0 Å². The number of ether oxygens (including phenoxy) is 2. The Morgan fingerprint density at radius 1 is 1.30 bits per heavy atom. The molecule has 0 aromatic carbocycles. The average Bonchev–Trinajstić information content (AvgIpc) is 3.32. The molecule has 0 unspecified atom stereocenters. The Hall–Kier alpha value is -1.06. The number of aromatic nitrogens is 2. The summed E-state index contributed by atoms with van der Waals surface area (Å²) < 4.78 is 54.9. The van der Waals surface area contributed by atoms with E-state index in [2.05, 4.69) is 40.6 Å². The molecule has 0 amide bonds. The fourth-order valence-corrected chi connectivity index (χ4v) is 4.64. The largest absolute Gasteiger partial charge is 0.480 e. The van der Waals surface area contributed by atoms with Crippen molar-refractivity contribution in [2.24, 2.45) is 0 Å². The monoisotopic (exact) mass is 464 g/mol. The van der Waals surface area contributed by atoms with E-state index < -0.39 is 19.8 Å². The lowest BCUT2D eigenvalue weighted by molar-refractivity contribution is -0.137. The molecule has 1 aliphatic rings. The summed E-state index contributed by atoms with van der Waals surface area (Å²) in [5.74, 6) is 0.173. The minimum Gasteiger partial charge on any atom is -0.480 e. The third-order valence-corrected chi connectivity index (χ3v) is 7.12. The number of pyridine rings is 1. The molecule has 0 N–H and O–H groups in total. The van der Waals surface area contributed by atoms with Crippen LogP contribution in [0.25, 0.3) is 10.9 Å². The molecule has 0 saturated heterocycles. The molecule has 150 valence electrons. The SMILES string of the molecule is COc1ncc2c(C(F)(F)F)c(C3CC3)n(COCC[Si](C)(C)C)c2c1Br. The summed E-state index contributed by atoms with van der Waals surface area (Å²) >= 11 is 3.39. The predicted octanol–water partition coefficient (Wildman–Crippen LogP) is 6.02. The Morgan fingerprint density at radius 3 is 2.48 bits per heavy atom. The number of halogens is 4. The van der Waals surface area contributed by atoms with Crippen LogP contribution in [-0.2, 0) is 17.6 Å². The Kier molecular flexibility index (Phi) is 5.67. The zero-order chi connectivity index (χ0) is 20.0. The third-order valence-electron chi connectivity index (χ3n) is 4.71. The predicted molar refractivity (Wildman–Crippen MR) is 105 cm³/mol. The molecule has 4 nitrogen and oxygen atoms in total. The quantitative estimate of drug-likeness (QED) is 0.371. The molecule has 0 atom stereocenters. The van der Waals surface area contributed by atoms with Crippen molar-refractivity contribution in [3.63, 3.8) is 0 Å². The first-order valence-electron chi connectivity index (χ1n) is 8.94. The lowest BCUT2D eigenvalue weighted by atomic mass is 10.1. The van der Waals surface area contributed by atoms with Crippen LogP contribution in [0, 0.1) is 0 Å². The van der Waals surface area contributed by atoms with Crippen molar-refractivity contribution in [1.29, 1.82) is 0 Å². The first-order valence-corrected chi connectivity index (χ1v) is 13.4. The molecule has 0 aliphatic heterocycles. The number of hydrogen-bond acceptors (Lipinski definition) is 3. The van der Waals surface area contributed by atoms with Gasteiger partial charge in [0.05, 0.1) is 18.2 Å². The smallest absolute Gasteiger partial charge is 0.418 e. The minimum atomic E-state index is -4.45. The van der Waals surface area contributed by atoms with E-state index in [9.17, 15) is 13.2 Å². The number of nitrogens with zero attached hydrogens (tertiary/aromatic N) is 2. The standard InChI is InChI=1S/C18H24BrF3N2O2Si/c1-25-17-14(19)16-12(9-23-17)13(18(20,21)22)15(11-5-6-11)24(16)10-26-7-8-27(2,3)4/h9,11H,5-8,10H2,1-4H3. The second kappa shape index (κ2) is 7.40. The highest BCUT2D eigenvalue weighted by Crippen LogP contribution is 2.51. The van der Waals surface area contributed by atoms with E-state index in [0.717, 1.165) is 18.9 Å². The summed E-state index contributed by atoms with van der Waals surface area (Å²) in [4.78, 5) is 4.04. The van der Waals surface area contributed by atoms with Gasteiger partial charge in [-0.05, 0) is 40.7 Å². The molecule has 1 fully saturated rings. The van der Waals surface area contributed by atoms with Gasteiger partial charge in [0.25, 0.3) is 0 Å². The minimum absolute atomic E-state index is 0.0888. The van der Waals surface area contributed by atoms with Crippen molar-refractivity contribution in [1.82, 2.24) is 9.55 Å². The van der Waals surface area contributed by atoms with E-state index in [4.69, 9.17) is 9.47 Å². The summed E-state index contributed by atoms with van der Waals surface area (Å²) in [7, 11) is 0.172. The fourth-order valence-electron chi connectivity index (χ4n) is 3.19. The van der Waals surface area contributed by atoms with Gasteiger partial charge in [0.2, 0.25) is 5.88 Å². The zero-order valence-electron chi connectivity index (χ0n) is 15.9. The Morgan fingerprint density at radius 2 is 1.96 bits per heavy atom. The molecule has 1 saturated carbocycles. The molecule has 0 radical (unpaired) electrons. The van der Waals surface area contributed by atoms with Crippen LogP contribution >= 0.6 is 15.9 Å². The van der Waals surface area contributed by atoms with Crippen molar-refractivity contribution in [2.45, 2.75) is 57.4 Å². The lowest BCUT2D eigenvalue weighted by Gasteiger charge is -2.17.